The number of pyridine rings is 1. The number of para-hydroxylation sites is 1. The van der Waals surface area contributed by atoms with Crippen molar-refractivity contribution >= 4 is 16.8 Å². The Morgan fingerprint density at radius 2 is 2.20 bits per heavy atom. The summed E-state index contributed by atoms with van der Waals surface area (Å²) in [5, 5.41) is 16.7. The van der Waals surface area contributed by atoms with E-state index in [1.807, 2.05) is 24.3 Å². The summed E-state index contributed by atoms with van der Waals surface area (Å²) in [4.78, 5) is 16.5. The first-order chi connectivity index (χ1) is 9.75. The quantitative estimate of drug-likeness (QED) is 0.762. The van der Waals surface area contributed by atoms with Crippen LogP contribution in [0.15, 0.2) is 36.5 Å². The Balaban J connectivity index is 1.75. The number of hydrogen-bond donors (Lipinski definition) is 3. The molecule has 3 rings (SSSR count). The van der Waals surface area contributed by atoms with Gasteiger partial charge in [-0.05, 0) is 12.1 Å². The summed E-state index contributed by atoms with van der Waals surface area (Å²) in [6, 6.07) is 9.34. The minimum atomic E-state index is -0.388. The number of amides is 1. The van der Waals surface area contributed by atoms with Gasteiger partial charge in [0.05, 0.1) is 17.2 Å². The van der Waals surface area contributed by atoms with Gasteiger partial charge >= 0.3 is 0 Å². The summed E-state index contributed by atoms with van der Waals surface area (Å²) in [6.07, 6.45) is 1.30. The zero-order chi connectivity index (χ0) is 13.9. The van der Waals surface area contributed by atoms with Gasteiger partial charge in [-0.2, -0.15) is 0 Å². The van der Waals surface area contributed by atoms with Gasteiger partial charge in [0, 0.05) is 37.1 Å². The van der Waals surface area contributed by atoms with E-state index in [-0.39, 0.29) is 17.9 Å². The molecule has 0 saturated carbocycles. The first kappa shape index (κ1) is 13.0. The average Bonchev–Trinajstić information content (AvgIpc) is 2.89. The molecule has 2 atom stereocenters. The summed E-state index contributed by atoms with van der Waals surface area (Å²) >= 11 is 0. The average molecular weight is 271 g/mol. The van der Waals surface area contributed by atoms with Crippen LogP contribution in [0.4, 0.5) is 0 Å². The molecule has 5 heteroatoms. The van der Waals surface area contributed by atoms with Crippen molar-refractivity contribution in [3.8, 4) is 0 Å². The molecule has 2 unspecified atom stereocenters. The van der Waals surface area contributed by atoms with Gasteiger partial charge in [0.25, 0.3) is 5.91 Å². The lowest BCUT2D eigenvalue weighted by Gasteiger charge is -2.14. The summed E-state index contributed by atoms with van der Waals surface area (Å²) in [5.74, 6) is -0.0738. The first-order valence-electron chi connectivity index (χ1n) is 6.76. The fourth-order valence-corrected chi connectivity index (χ4v) is 2.53. The Morgan fingerprint density at radius 1 is 1.35 bits per heavy atom. The number of carbonyl (C=O) groups is 1. The molecule has 1 aromatic carbocycles. The fraction of sp³-hybridized carbons (Fsp3) is 0.333. The molecule has 0 bridgehead atoms. The summed E-state index contributed by atoms with van der Waals surface area (Å²) < 4.78 is 0. The molecule has 1 amide bonds. The number of aliphatic hydroxyl groups is 1. The minimum absolute atomic E-state index is 0.0712. The molecule has 3 N–H and O–H groups in total. The molecule has 20 heavy (non-hydrogen) atoms. The van der Waals surface area contributed by atoms with Crippen LogP contribution in [0.2, 0.25) is 0 Å². The van der Waals surface area contributed by atoms with E-state index in [2.05, 4.69) is 15.6 Å². The van der Waals surface area contributed by atoms with Crippen LogP contribution >= 0.6 is 0 Å². The molecule has 1 aliphatic heterocycles. The number of nitrogens with one attached hydrogen (secondary N) is 2. The highest BCUT2D eigenvalue weighted by atomic mass is 16.3. The van der Waals surface area contributed by atoms with E-state index >= 15 is 0 Å². The predicted octanol–water partition coefficient (Wildman–Crippen LogP) is 0.545. The van der Waals surface area contributed by atoms with Crippen molar-refractivity contribution < 1.29 is 9.90 Å². The van der Waals surface area contributed by atoms with Crippen LogP contribution in [-0.4, -0.2) is 41.7 Å². The van der Waals surface area contributed by atoms with Crippen molar-refractivity contribution in [3.05, 3.63) is 42.1 Å². The SMILES string of the molecule is O=C(NCC1CNCC1O)c1cccc2cccnc12. The highest BCUT2D eigenvalue weighted by Gasteiger charge is 2.25. The Bertz CT molecular complexity index is 624. The third-order valence-corrected chi connectivity index (χ3v) is 3.71. The number of nitrogens with zero attached hydrogens (tertiary/aromatic N) is 1. The Labute approximate surface area is 117 Å². The maximum atomic E-state index is 12.3. The number of hydrogen-bond acceptors (Lipinski definition) is 4. The van der Waals surface area contributed by atoms with Crippen molar-refractivity contribution in [2.75, 3.05) is 19.6 Å². The molecule has 1 aliphatic rings. The van der Waals surface area contributed by atoms with Crippen molar-refractivity contribution in [3.63, 3.8) is 0 Å². The predicted molar refractivity (Wildman–Crippen MR) is 76.4 cm³/mol. The van der Waals surface area contributed by atoms with Crippen molar-refractivity contribution in [2.24, 2.45) is 5.92 Å². The van der Waals surface area contributed by atoms with Crippen LogP contribution in [0.5, 0.6) is 0 Å². The number of rotatable bonds is 3. The number of fused-ring (bicyclic) bond motifs is 1. The monoisotopic (exact) mass is 271 g/mol. The van der Waals surface area contributed by atoms with Gasteiger partial charge < -0.3 is 15.7 Å². The van der Waals surface area contributed by atoms with E-state index in [4.69, 9.17) is 0 Å². The van der Waals surface area contributed by atoms with Crippen molar-refractivity contribution in [1.82, 2.24) is 15.6 Å². The first-order valence-corrected chi connectivity index (χ1v) is 6.76. The fourth-order valence-electron chi connectivity index (χ4n) is 2.53. The standard InChI is InChI=1S/C15H17N3O2/c19-13-9-16-7-11(13)8-18-15(20)12-5-1-3-10-4-2-6-17-14(10)12/h1-6,11,13,16,19H,7-9H2,(H,18,20). The van der Waals surface area contributed by atoms with Crippen LogP contribution in [-0.2, 0) is 0 Å². The zero-order valence-corrected chi connectivity index (χ0v) is 11.0. The smallest absolute Gasteiger partial charge is 0.253 e. The molecule has 2 aromatic rings. The maximum absolute atomic E-state index is 12.3. The third kappa shape index (κ3) is 2.50. The van der Waals surface area contributed by atoms with Crippen LogP contribution in [0.1, 0.15) is 10.4 Å². The van der Waals surface area contributed by atoms with E-state index in [1.54, 1.807) is 12.3 Å². The molecular formula is C15H17N3O2. The molecule has 0 radical (unpaired) electrons. The van der Waals surface area contributed by atoms with E-state index in [0.29, 0.717) is 24.2 Å². The van der Waals surface area contributed by atoms with E-state index in [9.17, 15) is 9.90 Å². The lowest BCUT2D eigenvalue weighted by atomic mass is 10.1. The number of aromatic nitrogens is 1. The number of benzene rings is 1. The maximum Gasteiger partial charge on any atom is 0.253 e. The Hall–Kier alpha value is -1.98. The Kier molecular flexibility index (Phi) is 3.62. The summed E-state index contributed by atoms with van der Waals surface area (Å²) in [7, 11) is 0. The Morgan fingerprint density at radius 3 is 3.00 bits per heavy atom. The molecule has 0 spiro atoms. The highest BCUT2D eigenvalue weighted by Crippen LogP contribution is 2.16. The van der Waals surface area contributed by atoms with Gasteiger partial charge in [0.1, 0.15) is 0 Å². The van der Waals surface area contributed by atoms with Crippen LogP contribution < -0.4 is 10.6 Å². The molecule has 5 nitrogen and oxygen atoms in total. The summed E-state index contributed by atoms with van der Waals surface area (Å²) in [6.45, 7) is 1.79. The molecule has 1 fully saturated rings. The lowest BCUT2D eigenvalue weighted by molar-refractivity contribution is 0.0928. The van der Waals surface area contributed by atoms with Crippen molar-refractivity contribution in [2.45, 2.75) is 6.10 Å². The minimum Gasteiger partial charge on any atom is -0.391 e. The van der Waals surface area contributed by atoms with E-state index < -0.39 is 0 Å². The van der Waals surface area contributed by atoms with Crippen LogP contribution in [0, 0.1) is 5.92 Å². The van der Waals surface area contributed by atoms with Gasteiger partial charge in [-0.3, -0.25) is 9.78 Å². The largest absolute Gasteiger partial charge is 0.391 e. The second kappa shape index (κ2) is 5.56. The second-order valence-corrected chi connectivity index (χ2v) is 5.08. The second-order valence-electron chi connectivity index (χ2n) is 5.08. The normalized spacial score (nSPS) is 22.1. The zero-order valence-electron chi connectivity index (χ0n) is 11.0. The van der Waals surface area contributed by atoms with Gasteiger partial charge in [0.15, 0.2) is 0 Å². The van der Waals surface area contributed by atoms with Crippen molar-refractivity contribution in [1.29, 1.82) is 0 Å². The van der Waals surface area contributed by atoms with Gasteiger partial charge in [-0.25, -0.2) is 0 Å². The molecular weight excluding hydrogens is 254 g/mol. The molecule has 1 saturated heterocycles. The third-order valence-electron chi connectivity index (χ3n) is 3.71. The lowest BCUT2D eigenvalue weighted by Crippen LogP contribution is -2.34. The number of carbonyl (C=O) groups excluding carboxylic acids is 1. The van der Waals surface area contributed by atoms with Gasteiger partial charge in [-0.1, -0.05) is 18.2 Å². The topological polar surface area (TPSA) is 74.2 Å². The molecule has 2 heterocycles. The summed E-state index contributed by atoms with van der Waals surface area (Å²) in [5.41, 5.74) is 1.28. The number of β-amino-alcohol motifs (C(OH)–C–C–N with tert-alkyl or cyclic N) is 1. The highest BCUT2D eigenvalue weighted by molar-refractivity contribution is 6.05. The van der Waals surface area contributed by atoms with E-state index in [1.165, 1.54) is 0 Å². The van der Waals surface area contributed by atoms with Crippen LogP contribution in [0.3, 0.4) is 0 Å². The molecule has 1 aromatic heterocycles. The van der Waals surface area contributed by atoms with E-state index in [0.717, 1.165) is 11.9 Å². The molecule has 104 valence electrons. The molecule has 0 aliphatic carbocycles. The van der Waals surface area contributed by atoms with Crippen LogP contribution in [0.25, 0.3) is 10.9 Å². The van der Waals surface area contributed by atoms with Gasteiger partial charge in [0.2, 0.25) is 0 Å². The number of aliphatic hydroxyl groups excluding tert-OH is 1. The van der Waals surface area contributed by atoms with Gasteiger partial charge in [-0.15, -0.1) is 0 Å².